The van der Waals surface area contributed by atoms with Gasteiger partial charge in [0.1, 0.15) is 5.54 Å². The Kier molecular flexibility index (Phi) is 2.35. The maximum absolute atomic E-state index is 9.34. The quantitative estimate of drug-likeness (QED) is 0.869. The van der Waals surface area contributed by atoms with Crippen LogP contribution in [0.5, 0.6) is 0 Å². The number of aliphatic imine (C=N–C) groups is 1. The van der Waals surface area contributed by atoms with Crippen molar-refractivity contribution in [3.05, 3.63) is 42.1 Å². The lowest BCUT2D eigenvalue weighted by atomic mass is 10.1. The summed E-state index contributed by atoms with van der Waals surface area (Å²) in [7, 11) is 1.92. The lowest BCUT2D eigenvalue weighted by molar-refractivity contribution is 0.241. The van der Waals surface area contributed by atoms with Crippen LogP contribution < -0.4 is 0 Å². The fourth-order valence-corrected chi connectivity index (χ4v) is 2.28. The van der Waals surface area contributed by atoms with Crippen LogP contribution in [0.2, 0.25) is 0 Å². The van der Waals surface area contributed by atoms with Crippen LogP contribution in [0, 0.1) is 0 Å². The Labute approximate surface area is 105 Å². The molecule has 0 saturated heterocycles. The predicted octanol–water partition coefficient (Wildman–Crippen LogP) is 1.68. The molecule has 2 aromatic rings. The number of aromatic nitrogens is 2. The van der Waals surface area contributed by atoms with Gasteiger partial charge in [0, 0.05) is 12.4 Å². The SMILES string of the molecule is Cn1nc2ccccc2c1C1=NC(C)(CO)C=C1. The summed E-state index contributed by atoms with van der Waals surface area (Å²) in [5, 5.41) is 14.9. The molecule has 0 amide bonds. The lowest BCUT2D eigenvalue weighted by Crippen LogP contribution is -2.22. The molecule has 0 bridgehead atoms. The topological polar surface area (TPSA) is 50.4 Å². The smallest absolute Gasteiger partial charge is 0.100 e. The Balaban J connectivity index is 2.20. The second kappa shape index (κ2) is 3.78. The summed E-state index contributed by atoms with van der Waals surface area (Å²) in [6.07, 6.45) is 3.89. The standard InChI is InChI=1S/C14H15N3O/c1-14(9-18)8-7-12(15-14)13-10-5-3-4-6-11(10)16-17(13)2/h3-8,18H,9H2,1-2H3. The third-order valence-electron chi connectivity index (χ3n) is 3.28. The first-order valence-electron chi connectivity index (χ1n) is 5.95. The van der Waals surface area contributed by atoms with Crippen molar-refractivity contribution in [2.24, 2.45) is 12.0 Å². The molecule has 1 aliphatic rings. The molecule has 1 aromatic heterocycles. The number of nitrogens with zero attached hydrogens (tertiary/aromatic N) is 3. The molecule has 4 heteroatoms. The minimum atomic E-state index is -0.499. The number of fused-ring (bicyclic) bond motifs is 1. The second-order valence-electron chi connectivity index (χ2n) is 4.84. The van der Waals surface area contributed by atoms with Crippen LogP contribution in [0.15, 0.2) is 41.4 Å². The van der Waals surface area contributed by atoms with Gasteiger partial charge in [-0.2, -0.15) is 5.10 Å². The highest BCUT2D eigenvalue weighted by molar-refractivity contribution is 6.16. The Morgan fingerprint density at radius 1 is 1.33 bits per heavy atom. The van der Waals surface area contributed by atoms with E-state index in [1.54, 1.807) is 0 Å². The van der Waals surface area contributed by atoms with E-state index < -0.39 is 5.54 Å². The molecule has 0 radical (unpaired) electrons. The molecule has 1 aromatic carbocycles. The van der Waals surface area contributed by atoms with Crippen molar-refractivity contribution in [3.8, 4) is 0 Å². The summed E-state index contributed by atoms with van der Waals surface area (Å²) in [6, 6.07) is 8.01. The van der Waals surface area contributed by atoms with Gasteiger partial charge in [-0.3, -0.25) is 9.67 Å². The van der Waals surface area contributed by atoms with Crippen molar-refractivity contribution < 1.29 is 5.11 Å². The van der Waals surface area contributed by atoms with Crippen LogP contribution in [-0.2, 0) is 7.05 Å². The fourth-order valence-electron chi connectivity index (χ4n) is 2.28. The van der Waals surface area contributed by atoms with Crippen LogP contribution in [0.4, 0.5) is 0 Å². The second-order valence-corrected chi connectivity index (χ2v) is 4.84. The van der Waals surface area contributed by atoms with Crippen molar-refractivity contribution in [1.82, 2.24) is 9.78 Å². The van der Waals surface area contributed by atoms with E-state index in [9.17, 15) is 5.11 Å². The first kappa shape index (κ1) is 11.2. The minimum Gasteiger partial charge on any atom is -0.394 e. The molecule has 1 unspecified atom stereocenters. The molecule has 1 aliphatic heterocycles. The number of benzene rings is 1. The Bertz CT molecular complexity index is 669. The number of hydrogen-bond donors (Lipinski definition) is 1. The van der Waals surface area contributed by atoms with Crippen molar-refractivity contribution in [1.29, 1.82) is 0 Å². The predicted molar refractivity (Wildman–Crippen MR) is 71.9 cm³/mol. The summed E-state index contributed by atoms with van der Waals surface area (Å²) in [5.41, 5.74) is 2.34. The van der Waals surface area contributed by atoms with Gasteiger partial charge in [-0.25, -0.2) is 0 Å². The van der Waals surface area contributed by atoms with E-state index in [0.717, 1.165) is 22.3 Å². The van der Waals surface area contributed by atoms with Crippen LogP contribution in [0.3, 0.4) is 0 Å². The zero-order valence-corrected chi connectivity index (χ0v) is 10.5. The maximum Gasteiger partial charge on any atom is 0.100 e. The average molecular weight is 241 g/mol. The first-order chi connectivity index (χ1) is 8.63. The largest absolute Gasteiger partial charge is 0.394 e. The highest BCUT2D eigenvalue weighted by Gasteiger charge is 2.26. The summed E-state index contributed by atoms with van der Waals surface area (Å²) in [5.74, 6) is 0. The van der Waals surface area contributed by atoms with E-state index in [4.69, 9.17) is 0 Å². The molecular weight excluding hydrogens is 226 g/mol. The Morgan fingerprint density at radius 2 is 2.11 bits per heavy atom. The molecule has 4 nitrogen and oxygen atoms in total. The van der Waals surface area contributed by atoms with Gasteiger partial charge in [-0.1, -0.05) is 24.3 Å². The van der Waals surface area contributed by atoms with E-state index in [1.807, 2.05) is 55.1 Å². The molecule has 18 heavy (non-hydrogen) atoms. The highest BCUT2D eigenvalue weighted by atomic mass is 16.3. The molecule has 2 heterocycles. The summed E-state index contributed by atoms with van der Waals surface area (Å²) < 4.78 is 1.84. The van der Waals surface area contributed by atoms with Crippen LogP contribution >= 0.6 is 0 Å². The van der Waals surface area contributed by atoms with Gasteiger partial charge in [0.15, 0.2) is 0 Å². The fraction of sp³-hybridized carbons (Fsp3) is 0.286. The molecule has 1 atom stereocenters. The van der Waals surface area contributed by atoms with Crippen LogP contribution in [0.25, 0.3) is 10.9 Å². The molecule has 3 rings (SSSR count). The molecule has 92 valence electrons. The Morgan fingerprint density at radius 3 is 2.83 bits per heavy atom. The van der Waals surface area contributed by atoms with Crippen LogP contribution in [-0.4, -0.2) is 32.7 Å². The number of aryl methyl sites for hydroxylation is 1. The third kappa shape index (κ3) is 1.57. The van der Waals surface area contributed by atoms with Crippen molar-refractivity contribution >= 4 is 16.6 Å². The van der Waals surface area contributed by atoms with Crippen LogP contribution in [0.1, 0.15) is 12.6 Å². The highest BCUT2D eigenvalue weighted by Crippen LogP contribution is 2.25. The van der Waals surface area contributed by atoms with Gasteiger partial charge < -0.3 is 5.11 Å². The number of hydrogen-bond acceptors (Lipinski definition) is 3. The molecule has 0 aliphatic carbocycles. The van der Waals surface area contributed by atoms with Gasteiger partial charge in [0.25, 0.3) is 0 Å². The van der Waals surface area contributed by atoms with Crippen molar-refractivity contribution in [2.75, 3.05) is 6.61 Å². The maximum atomic E-state index is 9.34. The van der Waals surface area contributed by atoms with Crippen molar-refractivity contribution in [2.45, 2.75) is 12.5 Å². The first-order valence-corrected chi connectivity index (χ1v) is 5.95. The zero-order valence-electron chi connectivity index (χ0n) is 10.5. The van der Waals surface area contributed by atoms with E-state index >= 15 is 0 Å². The molecular formula is C14H15N3O. The van der Waals surface area contributed by atoms with Gasteiger partial charge in [0.05, 0.1) is 23.5 Å². The summed E-state index contributed by atoms with van der Waals surface area (Å²) in [6.45, 7) is 1.93. The minimum absolute atomic E-state index is 0.0167. The van der Waals surface area contributed by atoms with Gasteiger partial charge in [0.2, 0.25) is 0 Å². The average Bonchev–Trinajstić information content (AvgIpc) is 2.89. The summed E-state index contributed by atoms with van der Waals surface area (Å²) in [4.78, 5) is 4.59. The lowest BCUT2D eigenvalue weighted by Gasteiger charge is -2.13. The number of rotatable bonds is 2. The third-order valence-corrected chi connectivity index (χ3v) is 3.28. The zero-order chi connectivity index (χ0) is 12.8. The van der Waals surface area contributed by atoms with Gasteiger partial charge in [-0.15, -0.1) is 0 Å². The summed E-state index contributed by atoms with van der Waals surface area (Å²) >= 11 is 0. The van der Waals surface area contributed by atoms with Gasteiger partial charge in [-0.05, 0) is 19.1 Å². The number of aliphatic hydroxyl groups excluding tert-OH is 1. The van der Waals surface area contributed by atoms with E-state index in [1.165, 1.54) is 0 Å². The van der Waals surface area contributed by atoms with Gasteiger partial charge >= 0.3 is 0 Å². The molecule has 0 spiro atoms. The monoisotopic (exact) mass is 241 g/mol. The Hall–Kier alpha value is -1.94. The van der Waals surface area contributed by atoms with E-state index in [-0.39, 0.29) is 6.61 Å². The molecule has 0 fully saturated rings. The van der Waals surface area contributed by atoms with E-state index in [0.29, 0.717) is 0 Å². The molecule has 0 saturated carbocycles. The number of allylic oxidation sites excluding steroid dienone is 1. The molecule has 1 N–H and O–H groups in total. The number of aliphatic hydroxyl groups is 1. The normalized spacial score (nSPS) is 22.7. The van der Waals surface area contributed by atoms with Crippen molar-refractivity contribution in [3.63, 3.8) is 0 Å². The van der Waals surface area contributed by atoms with E-state index in [2.05, 4.69) is 10.1 Å².